The zero-order valence-corrected chi connectivity index (χ0v) is 9.98. The van der Waals surface area contributed by atoms with Gasteiger partial charge in [-0.05, 0) is 40.6 Å². The summed E-state index contributed by atoms with van der Waals surface area (Å²) in [4.78, 5) is 7.80. The zero-order valence-electron chi connectivity index (χ0n) is 8.40. The molecule has 0 saturated heterocycles. The molecule has 1 aromatic carbocycles. The van der Waals surface area contributed by atoms with E-state index in [4.69, 9.17) is 11.6 Å². The van der Waals surface area contributed by atoms with E-state index in [1.54, 1.807) is 11.3 Å². The number of nitrogens with one attached hydrogen (secondary N) is 1. The van der Waals surface area contributed by atoms with Gasteiger partial charge in [0, 0.05) is 11.4 Å². The number of hydrogen-bond acceptors (Lipinski definition) is 2. The van der Waals surface area contributed by atoms with E-state index in [0.717, 1.165) is 28.3 Å². The van der Waals surface area contributed by atoms with Crippen LogP contribution in [0.3, 0.4) is 0 Å². The van der Waals surface area contributed by atoms with Crippen molar-refractivity contribution in [1.29, 1.82) is 0 Å². The van der Waals surface area contributed by atoms with Gasteiger partial charge in [-0.1, -0.05) is 11.6 Å². The highest BCUT2D eigenvalue weighted by Gasteiger charge is 2.04. The Morgan fingerprint density at radius 2 is 2.25 bits per heavy atom. The van der Waals surface area contributed by atoms with Crippen LogP contribution in [-0.4, -0.2) is 9.97 Å². The third-order valence-electron chi connectivity index (χ3n) is 2.44. The summed E-state index contributed by atoms with van der Waals surface area (Å²) in [5.74, 6) is 0.982. The fourth-order valence-corrected chi connectivity index (χ4v) is 2.55. The highest BCUT2D eigenvalue weighted by molar-refractivity contribution is 7.07. The fourth-order valence-electron chi connectivity index (χ4n) is 1.70. The van der Waals surface area contributed by atoms with Crippen LogP contribution in [0.1, 0.15) is 11.4 Å². The van der Waals surface area contributed by atoms with Crippen molar-refractivity contribution in [3.05, 3.63) is 51.4 Å². The number of rotatable bonds is 2. The molecule has 0 spiro atoms. The van der Waals surface area contributed by atoms with Crippen LogP contribution >= 0.6 is 22.9 Å². The molecule has 0 fully saturated rings. The SMILES string of the molecule is Clc1ccc2nc(Cc3ccsc3)[nH]c2c1. The van der Waals surface area contributed by atoms with Crippen LogP contribution in [0.4, 0.5) is 0 Å². The summed E-state index contributed by atoms with van der Waals surface area (Å²) in [6, 6.07) is 7.82. The smallest absolute Gasteiger partial charge is 0.111 e. The summed E-state index contributed by atoms with van der Waals surface area (Å²) >= 11 is 7.63. The Kier molecular flexibility index (Phi) is 2.42. The fraction of sp³-hybridized carbons (Fsp3) is 0.0833. The first-order valence-corrected chi connectivity index (χ1v) is 6.28. The first kappa shape index (κ1) is 9.87. The Hall–Kier alpha value is -1.32. The normalized spacial score (nSPS) is 11.1. The number of H-pyrrole nitrogens is 1. The van der Waals surface area contributed by atoms with Gasteiger partial charge in [-0.2, -0.15) is 11.3 Å². The van der Waals surface area contributed by atoms with E-state index < -0.39 is 0 Å². The van der Waals surface area contributed by atoms with E-state index in [-0.39, 0.29) is 0 Å². The molecule has 1 N–H and O–H groups in total. The Balaban J connectivity index is 1.99. The second-order valence-corrected chi connectivity index (χ2v) is 4.87. The Labute approximate surface area is 102 Å². The van der Waals surface area contributed by atoms with Gasteiger partial charge in [-0.25, -0.2) is 4.98 Å². The van der Waals surface area contributed by atoms with Crippen LogP contribution in [0.2, 0.25) is 5.02 Å². The lowest BCUT2D eigenvalue weighted by atomic mass is 10.2. The lowest BCUT2D eigenvalue weighted by Crippen LogP contribution is -1.87. The molecule has 0 aliphatic rings. The Bertz CT molecular complexity index is 613. The first-order chi connectivity index (χ1) is 7.81. The molecule has 0 unspecified atom stereocenters. The highest BCUT2D eigenvalue weighted by Crippen LogP contribution is 2.19. The minimum atomic E-state index is 0.734. The monoisotopic (exact) mass is 248 g/mol. The van der Waals surface area contributed by atoms with Gasteiger partial charge < -0.3 is 4.98 Å². The molecular weight excluding hydrogens is 240 g/mol. The molecular formula is C12H9ClN2S. The number of benzene rings is 1. The minimum Gasteiger partial charge on any atom is -0.342 e. The van der Waals surface area contributed by atoms with E-state index in [9.17, 15) is 0 Å². The summed E-state index contributed by atoms with van der Waals surface area (Å²) in [6.07, 6.45) is 0.843. The van der Waals surface area contributed by atoms with Crippen LogP contribution in [0, 0.1) is 0 Å². The number of fused-ring (bicyclic) bond motifs is 1. The van der Waals surface area contributed by atoms with Gasteiger partial charge in [-0.3, -0.25) is 0 Å². The van der Waals surface area contributed by atoms with E-state index >= 15 is 0 Å². The summed E-state index contributed by atoms with van der Waals surface area (Å²) < 4.78 is 0. The van der Waals surface area contributed by atoms with Gasteiger partial charge in [0.15, 0.2) is 0 Å². The molecule has 2 nitrogen and oxygen atoms in total. The number of thiophene rings is 1. The average Bonchev–Trinajstić information content (AvgIpc) is 2.86. The van der Waals surface area contributed by atoms with Gasteiger partial charge in [0.05, 0.1) is 11.0 Å². The molecule has 16 heavy (non-hydrogen) atoms. The largest absolute Gasteiger partial charge is 0.342 e. The third kappa shape index (κ3) is 1.84. The molecule has 0 saturated carbocycles. The van der Waals surface area contributed by atoms with E-state index in [1.165, 1.54) is 5.56 Å². The summed E-state index contributed by atoms with van der Waals surface area (Å²) in [7, 11) is 0. The summed E-state index contributed by atoms with van der Waals surface area (Å²) in [5, 5.41) is 4.95. The molecule has 3 rings (SSSR count). The van der Waals surface area contributed by atoms with Gasteiger partial charge >= 0.3 is 0 Å². The summed E-state index contributed by atoms with van der Waals surface area (Å²) in [5.41, 5.74) is 3.25. The molecule has 0 atom stereocenters. The Morgan fingerprint density at radius 3 is 3.06 bits per heavy atom. The average molecular weight is 249 g/mol. The van der Waals surface area contributed by atoms with Crippen molar-refractivity contribution in [3.63, 3.8) is 0 Å². The van der Waals surface area contributed by atoms with Crippen LogP contribution in [0.15, 0.2) is 35.0 Å². The number of nitrogens with zero attached hydrogens (tertiary/aromatic N) is 1. The van der Waals surface area contributed by atoms with Gasteiger partial charge in [0.1, 0.15) is 5.82 Å². The van der Waals surface area contributed by atoms with Crippen molar-refractivity contribution >= 4 is 34.0 Å². The molecule has 3 aromatic rings. The molecule has 0 radical (unpaired) electrons. The van der Waals surface area contributed by atoms with Crippen LogP contribution in [0.25, 0.3) is 11.0 Å². The second-order valence-electron chi connectivity index (χ2n) is 3.65. The number of halogens is 1. The maximum absolute atomic E-state index is 5.92. The van der Waals surface area contributed by atoms with E-state index in [2.05, 4.69) is 26.8 Å². The number of imidazole rings is 1. The molecule has 0 bridgehead atoms. The molecule has 4 heteroatoms. The third-order valence-corrected chi connectivity index (χ3v) is 3.41. The summed E-state index contributed by atoms with van der Waals surface area (Å²) in [6.45, 7) is 0. The van der Waals surface area contributed by atoms with Crippen LogP contribution in [-0.2, 0) is 6.42 Å². The first-order valence-electron chi connectivity index (χ1n) is 4.96. The molecule has 80 valence electrons. The standard InChI is InChI=1S/C12H9ClN2S/c13-9-1-2-10-11(6-9)15-12(14-10)5-8-3-4-16-7-8/h1-4,6-7H,5H2,(H,14,15). The maximum atomic E-state index is 5.92. The van der Waals surface area contributed by atoms with Crippen LogP contribution in [0.5, 0.6) is 0 Å². The Morgan fingerprint density at radius 1 is 1.31 bits per heavy atom. The molecule has 0 aliphatic carbocycles. The second kappa shape index (κ2) is 3.92. The van der Waals surface area contributed by atoms with Crippen molar-refractivity contribution in [1.82, 2.24) is 9.97 Å². The molecule has 2 aromatic heterocycles. The zero-order chi connectivity index (χ0) is 11.0. The number of aromatic amines is 1. The van der Waals surface area contributed by atoms with Crippen molar-refractivity contribution in [2.45, 2.75) is 6.42 Å². The van der Waals surface area contributed by atoms with E-state index in [1.807, 2.05) is 18.2 Å². The highest BCUT2D eigenvalue weighted by atomic mass is 35.5. The van der Waals surface area contributed by atoms with Crippen molar-refractivity contribution in [3.8, 4) is 0 Å². The molecule has 2 heterocycles. The lowest BCUT2D eigenvalue weighted by Gasteiger charge is -1.90. The van der Waals surface area contributed by atoms with E-state index in [0.29, 0.717) is 0 Å². The van der Waals surface area contributed by atoms with Gasteiger partial charge in [0.25, 0.3) is 0 Å². The van der Waals surface area contributed by atoms with Gasteiger partial charge in [-0.15, -0.1) is 0 Å². The lowest BCUT2D eigenvalue weighted by molar-refractivity contribution is 1.04. The topological polar surface area (TPSA) is 28.7 Å². The predicted molar refractivity (Wildman–Crippen MR) is 68.2 cm³/mol. The molecule has 0 aliphatic heterocycles. The number of aromatic nitrogens is 2. The number of hydrogen-bond donors (Lipinski definition) is 1. The van der Waals surface area contributed by atoms with Crippen molar-refractivity contribution in [2.24, 2.45) is 0 Å². The maximum Gasteiger partial charge on any atom is 0.111 e. The van der Waals surface area contributed by atoms with Crippen molar-refractivity contribution < 1.29 is 0 Å². The quantitative estimate of drug-likeness (QED) is 0.733. The van der Waals surface area contributed by atoms with Crippen LogP contribution < -0.4 is 0 Å². The molecule has 0 amide bonds. The van der Waals surface area contributed by atoms with Gasteiger partial charge in [0.2, 0.25) is 0 Å². The van der Waals surface area contributed by atoms with Crippen molar-refractivity contribution in [2.75, 3.05) is 0 Å². The minimum absolute atomic E-state index is 0.734. The predicted octanol–water partition coefficient (Wildman–Crippen LogP) is 3.87.